The van der Waals surface area contributed by atoms with Gasteiger partial charge in [-0.25, -0.2) is 0 Å². The fourth-order valence-electron chi connectivity index (χ4n) is 1.80. The molecule has 0 rings (SSSR count). The van der Waals surface area contributed by atoms with E-state index in [9.17, 15) is 5.11 Å². The zero-order valence-corrected chi connectivity index (χ0v) is 15.5. The lowest BCUT2D eigenvalue weighted by atomic mass is 10.2. The second-order valence-electron chi connectivity index (χ2n) is 5.30. The van der Waals surface area contributed by atoms with Gasteiger partial charge < -0.3 is 38.6 Å². The lowest BCUT2D eigenvalue weighted by molar-refractivity contribution is -0.0250. The van der Waals surface area contributed by atoms with Gasteiger partial charge in [0.05, 0.1) is 92.0 Å². The minimum Gasteiger partial charge on any atom is -0.394 e. The molecular weight excluding hydrogens is 332 g/mol. The minimum atomic E-state index is -0.377. The standard InChI is InChI=1S/C17H36O8/c1-2-3-17(19)16-25-15-14-24-13-12-23-11-10-22-9-8-21-7-6-20-5-4-18/h17-19H,2-16H2,1H3. The summed E-state index contributed by atoms with van der Waals surface area (Å²) in [5, 5.41) is 18.0. The van der Waals surface area contributed by atoms with Crippen LogP contribution >= 0.6 is 0 Å². The van der Waals surface area contributed by atoms with Gasteiger partial charge in [-0.1, -0.05) is 13.3 Å². The van der Waals surface area contributed by atoms with Gasteiger partial charge in [0.15, 0.2) is 0 Å². The first kappa shape index (κ1) is 24.7. The highest BCUT2D eigenvalue weighted by molar-refractivity contribution is 4.51. The van der Waals surface area contributed by atoms with Crippen LogP contribution in [0.15, 0.2) is 0 Å². The van der Waals surface area contributed by atoms with E-state index in [-0.39, 0.29) is 12.7 Å². The molecule has 0 saturated carbocycles. The molecule has 1 unspecified atom stereocenters. The van der Waals surface area contributed by atoms with Gasteiger partial charge in [-0.3, -0.25) is 0 Å². The van der Waals surface area contributed by atoms with Crippen molar-refractivity contribution in [3.8, 4) is 0 Å². The number of hydrogen-bond donors (Lipinski definition) is 2. The van der Waals surface area contributed by atoms with Crippen molar-refractivity contribution in [1.82, 2.24) is 0 Å². The molecule has 25 heavy (non-hydrogen) atoms. The number of ether oxygens (including phenoxy) is 6. The van der Waals surface area contributed by atoms with Crippen molar-refractivity contribution in [3.63, 3.8) is 0 Å². The average molecular weight is 368 g/mol. The number of aliphatic hydroxyl groups is 2. The molecule has 0 heterocycles. The molecule has 0 aliphatic heterocycles. The van der Waals surface area contributed by atoms with Crippen LogP contribution in [-0.2, 0) is 28.4 Å². The maximum absolute atomic E-state index is 9.46. The normalized spacial score (nSPS) is 12.6. The Bertz CT molecular complexity index is 243. The molecule has 8 nitrogen and oxygen atoms in total. The van der Waals surface area contributed by atoms with Crippen molar-refractivity contribution < 1.29 is 38.6 Å². The lowest BCUT2D eigenvalue weighted by Gasteiger charge is -2.10. The predicted molar refractivity (Wildman–Crippen MR) is 92.9 cm³/mol. The molecule has 0 amide bonds. The Hall–Kier alpha value is -0.320. The van der Waals surface area contributed by atoms with Gasteiger partial charge >= 0.3 is 0 Å². The maximum Gasteiger partial charge on any atom is 0.0773 e. The second kappa shape index (κ2) is 21.7. The van der Waals surface area contributed by atoms with E-state index >= 15 is 0 Å². The molecule has 0 aromatic heterocycles. The predicted octanol–water partition coefficient (Wildman–Crippen LogP) is 0.239. The fourth-order valence-corrected chi connectivity index (χ4v) is 1.80. The van der Waals surface area contributed by atoms with E-state index in [2.05, 4.69) is 0 Å². The number of rotatable bonds is 21. The molecule has 0 radical (unpaired) electrons. The number of aliphatic hydroxyl groups excluding tert-OH is 2. The highest BCUT2D eigenvalue weighted by Crippen LogP contribution is 1.96. The summed E-state index contributed by atoms with van der Waals surface area (Å²) in [5.74, 6) is 0. The molecule has 0 aromatic carbocycles. The highest BCUT2D eigenvalue weighted by atomic mass is 16.6. The van der Waals surface area contributed by atoms with E-state index < -0.39 is 0 Å². The van der Waals surface area contributed by atoms with Crippen molar-refractivity contribution in [2.45, 2.75) is 25.9 Å². The van der Waals surface area contributed by atoms with E-state index in [1.807, 2.05) is 6.92 Å². The molecule has 0 aliphatic rings. The van der Waals surface area contributed by atoms with Crippen LogP contribution in [0.3, 0.4) is 0 Å². The molecule has 1 atom stereocenters. The Morgan fingerprint density at radius 1 is 0.600 bits per heavy atom. The zero-order valence-electron chi connectivity index (χ0n) is 15.5. The molecule has 2 N–H and O–H groups in total. The van der Waals surface area contributed by atoms with Crippen LogP contribution in [0.25, 0.3) is 0 Å². The second-order valence-corrected chi connectivity index (χ2v) is 5.30. The van der Waals surface area contributed by atoms with Crippen LogP contribution in [-0.4, -0.2) is 102 Å². The third-order valence-corrected chi connectivity index (χ3v) is 3.03. The molecule has 0 aliphatic carbocycles. The van der Waals surface area contributed by atoms with Gasteiger partial charge in [-0.2, -0.15) is 0 Å². The Morgan fingerprint density at radius 3 is 1.32 bits per heavy atom. The van der Waals surface area contributed by atoms with Gasteiger partial charge in [-0.05, 0) is 6.42 Å². The Labute approximate surface area is 151 Å². The SMILES string of the molecule is CCCC(O)COCCOCCOCCOCCOCCOCCO. The first-order chi connectivity index (χ1) is 12.3. The van der Waals surface area contributed by atoms with E-state index in [0.29, 0.717) is 79.3 Å². The zero-order chi connectivity index (χ0) is 18.4. The first-order valence-electron chi connectivity index (χ1n) is 9.06. The van der Waals surface area contributed by atoms with Crippen molar-refractivity contribution in [2.24, 2.45) is 0 Å². The van der Waals surface area contributed by atoms with Crippen molar-refractivity contribution >= 4 is 0 Å². The van der Waals surface area contributed by atoms with E-state index in [4.69, 9.17) is 33.5 Å². The van der Waals surface area contributed by atoms with Crippen LogP contribution < -0.4 is 0 Å². The van der Waals surface area contributed by atoms with Crippen molar-refractivity contribution in [3.05, 3.63) is 0 Å². The summed E-state index contributed by atoms with van der Waals surface area (Å²) in [4.78, 5) is 0. The van der Waals surface area contributed by atoms with Gasteiger partial charge in [0, 0.05) is 0 Å². The third-order valence-electron chi connectivity index (χ3n) is 3.03. The topological polar surface area (TPSA) is 95.8 Å². The molecule has 0 spiro atoms. The van der Waals surface area contributed by atoms with Crippen LogP contribution in [0.5, 0.6) is 0 Å². The van der Waals surface area contributed by atoms with Gasteiger partial charge in [0.1, 0.15) is 0 Å². The summed E-state index contributed by atoms with van der Waals surface area (Å²) in [6.07, 6.45) is 1.34. The lowest BCUT2D eigenvalue weighted by Crippen LogP contribution is -2.17. The third kappa shape index (κ3) is 21.6. The Kier molecular flexibility index (Phi) is 21.4. The highest BCUT2D eigenvalue weighted by Gasteiger charge is 2.01. The van der Waals surface area contributed by atoms with Crippen LogP contribution in [0, 0.1) is 0 Å². The Balaban J connectivity index is 3.00. The van der Waals surface area contributed by atoms with Gasteiger partial charge in [0.25, 0.3) is 0 Å². The molecule has 8 heteroatoms. The Morgan fingerprint density at radius 2 is 0.960 bits per heavy atom. The van der Waals surface area contributed by atoms with Crippen LogP contribution in [0.4, 0.5) is 0 Å². The summed E-state index contributed by atoms with van der Waals surface area (Å²) < 4.78 is 31.7. The summed E-state index contributed by atoms with van der Waals surface area (Å²) in [6.45, 7) is 7.82. The molecule has 0 fully saturated rings. The maximum atomic E-state index is 9.46. The molecule has 0 aromatic rings. The smallest absolute Gasteiger partial charge is 0.0773 e. The monoisotopic (exact) mass is 368 g/mol. The summed E-state index contributed by atoms with van der Waals surface area (Å²) in [7, 11) is 0. The van der Waals surface area contributed by atoms with Crippen LogP contribution in [0.1, 0.15) is 19.8 Å². The van der Waals surface area contributed by atoms with E-state index in [0.717, 1.165) is 12.8 Å². The number of hydrogen-bond acceptors (Lipinski definition) is 8. The van der Waals surface area contributed by atoms with E-state index in [1.54, 1.807) is 0 Å². The summed E-state index contributed by atoms with van der Waals surface area (Å²) in [5.41, 5.74) is 0. The fraction of sp³-hybridized carbons (Fsp3) is 1.00. The molecule has 0 saturated heterocycles. The van der Waals surface area contributed by atoms with Crippen LogP contribution in [0.2, 0.25) is 0 Å². The van der Waals surface area contributed by atoms with E-state index in [1.165, 1.54) is 0 Å². The quantitative estimate of drug-likeness (QED) is 0.278. The molecule has 152 valence electrons. The summed E-state index contributed by atoms with van der Waals surface area (Å²) in [6, 6.07) is 0. The summed E-state index contributed by atoms with van der Waals surface area (Å²) >= 11 is 0. The minimum absolute atomic E-state index is 0.0328. The van der Waals surface area contributed by atoms with Crippen molar-refractivity contribution in [1.29, 1.82) is 0 Å². The van der Waals surface area contributed by atoms with Gasteiger partial charge in [-0.15, -0.1) is 0 Å². The molecule has 0 bridgehead atoms. The largest absolute Gasteiger partial charge is 0.394 e. The van der Waals surface area contributed by atoms with Gasteiger partial charge in [0.2, 0.25) is 0 Å². The average Bonchev–Trinajstić information content (AvgIpc) is 2.61. The first-order valence-corrected chi connectivity index (χ1v) is 9.06. The van der Waals surface area contributed by atoms with Crippen molar-refractivity contribution in [2.75, 3.05) is 85.9 Å². The molecular formula is C17H36O8.